The van der Waals surface area contributed by atoms with Crippen LogP contribution in [-0.4, -0.2) is 0 Å². The highest BCUT2D eigenvalue weighted by molar-refractivity contribution is 4.97. The van der Waals surface area contributed by atoms with Gasteiger partial charge in [0.1, 0.15) is 0 Å². The standard InChI is InChI=1S/C44H88/c1-4-6-8-10-12-14-16-18-20-22-24-26-28-30-32-34-36-38-40-42-44(3)43-41-39-37-35-33-31-29-27-25-23-21-19-17-15-13-11-9-7-5-2/h42H,4-41,43H2,1-3H3/b44-42+. The van der Waals surface area contributed by atoms with Crippen molar-refractivity contribution in [1.29, 1.82) is 0 Å². The SMILES string of the molecule is CCCCCCCCCCCCCCCCCCCC/C=C(\C)CCCCCCCCCCCCCCCCCCCCC. The molecule has 0 bridgehead atoms. The molecule has 264 valence electrons. The van der Waals surface area contributed by atoms with Gasteiger partial charge in [0, 0.05) is 0 Å². The van der Waals surface area contributed by atoms with E-state index < -0.39 is 0 Å². The fourth-order valence-electron chi connectivity index (χ4n) is 6.98. The van der Waals surface area contributed by atoms with E-state index in [0.717, 1.165) is 0 Å². The van der Waals surface area contributed by atoms with E-state index in [1.54, 1.807) is 5.57 Å². The van der Waals surface area contributed by atoms with Crippen LogP contribution in [0.2, 0.25) is 0 Å². The number of allylic oxidation sites excluding steroid dienone is 2. The van der Waals surface area contributed by atoms with Crippen molar-refractivity contribution in [2.24, 2.45) is 0 Å². The highest BCUT2D eigenvalue weighted by Crippen LogP contribution is 2.18. The minimum Gasteiger partial charge on any atom is -0.0856 e. The Hall–Kier alpha value is -0.260. The van der Waals surface area contributed by atoms with Gasteiger partial charge < -0.3 is 0 Å². The molecule has 0 nitrogen and oxygen atoms in total. The van der Waals surface area contributed by atoms with Gasteiger partial charge in [-0.1, -0.05) is 250 Å². The highest BCUT2D eigenvalue weighted by Gasteiger charge is 1.98. The third-order valence-electron chi connectivity index (χ3n) is 10.2. The molecule has 44 heavy (non-hydrogen) atoms. The van der Waals surface area contributed by atoms with Crippen LogP contribution in [-0.2, 0) is 0 Å². The van der Waals surface area contributed by atoms with Crippen LogP contribution in [0.5, 0.6) is 0 Å². The van der Waals surface area contributed by atoms with Crippen molar-refractivity contribution in [2.75, 3.05) is 0 Å². The number of hydrogen-bond acceptors (Lipinski definition) is 0. The van der Waals surface area contributed by atoms with Crippen molar-refractivity contribution in [3.8, 4) is 0 Å². The first-order valence-electron chi connectivity index (χ1n) is 21.5. The van der Waals surface area contributed by atoms with Gasteiger partial charge in [-0.2, -0.15) is 0 Å². The van der Waals surface area contributed by atoms with Gasteiger partial charge >= 0.3 is 0 Å². The Balaban J connectivity index is 3.20. The molecule has 0 aliphatic rings. The zero-order chi connectivity index (χ0) is 31.9. The maximum absolute atomic E-state index is 2.56. The minimum absolute atomic E-state index is 1.32. The van der Waals surface area contributed by atoms with Gasteiger partial charge in [0.2, 0.25) is 0 Å². The Morgan fingerprint density at radius 1 is 0.273 bits per heavy atom. The average molecular weight is 617 g/mol. The molecule has 0 atom stereocenters. The summed E-state index contributed by atoms with van der Waals surface area (Å²) in [4.78, 5) is 0. The van der Waals surface area contributed by atoms with E-state index in [2.05, 4.69) is 26.8 Å². The predicted octanol–water partition coefficient (Wildman–Crippen LogP) is 17.2. The van der Waals surface area contributed by atoms with Crippen LogP contribution in [0.25, 0.3) is 0 Å². The molecule has 0 aliphatic heterocycles. The smallest absolute Gasteiger partial charge is 0.0323 e. The second-order valence-electron chi connectivity index (χ2n) is 15.0. The third kappa shape index (κ3) is 39.8. The molecule has 0 aromatic rings. The predicted molar refractivity (Wildman–Crippen MR) is 205 cm³/mol. The van der Waals surface area contributed by atoms with E-state index in [-0.39, 0.29) is 0 Å². The lowest BCUT2D eigenvalue weighted by atomic mass is 10.0. The Morgan fingerprint density at radius 3 is 0.727 bits per heavy atom. The quantitative estimate of drug-likeness (QED) is 0.0476. The lowest BCUT2D eigenvalue weighted by molar-refractivity contribution is 0.523. The molecule has 0 spiro atoms. The van der Waals surface area contributed by atoms with E-state index in [4.69, 9.17) is 0 Å². The third-order valence-corrected chi connectivity index (χ3v) is 10.2. The van der Waals surface area contributed by atoms with Gasteiger partial charge in [0.25, 0.3) is 0 Å². The molecular formula is C44H88. The number of unbranched alkanes of at least 4 members (excludes halogenated alkanes) is 36. The molecule has 0 fully saturated rings. The fourth-order valence-corrected chi connectivity index (χ4v) is 6.98. The lowest BCUT2D eigenvalue weighted by Gasteiger charge is -2.05. The van der Waals surface area contributed by atoms with Gasteiger partial charge in [-0.15, -0.1) is 0 Å². The minimum atomic E-state index is 1.32. The summed E-state index contributed by atoms with van der Waals surface area (Å²) in [5.74, 6) is 0. The fraction of sp³-hybridized carbons (Fsp3) is 0.955. The van der Waals surface area contributed by atoms with Crippen molar-refractivity contribution in [1.82, 2.24) is 0 Å². The maximum Gasteiger partial charge on any atom is -0.0323 e. The summed E-state index contributed by atoms with van der Waals surface area (Å²) >= 11 is 0. The molecule has 0 radical (unpaired) electrons. The first-order chi connectivity index (χ1) is 21.8. The molecule has 0 aliphatic carbocycles. The number of hydrogen-bond donors (Lipinski definition) is 0. The van der Waals surface area contributed by atoms with Crippen molar-refractivity contribution in [3.05, 3.63) is 11.6 Å². The van der Waals surface area contributed by atoms with E-state index in [0.29, 0.717) is 0 Å². The maximum atomic E-state index is 2.56. The summed E-state index contributed by atoms with van der Waals surface area (Å²) in [5, 5.41) is 0. The van der Waals surface area contributed by atoms with Crippen molar-refractivity contribution >= 4 is 0 Å². The first-order valence-corrected chi connectivity index (χ1v) is 21.5. The largest absolute Gasteiger partial charge is 0.0856 e. The Kier molecular flexibility index (Phi) is 40.5. The lowest BCUT2D eigenvalue weighted by Crippen LogP contribution is -1.85. The van der Waals surface area contributed by atoms with Crippen LogP contribution in [0.1, 0.15) is 271 Å². The van der Waals surface area contributed by atoms with Gasteiger partial charge in [-0.05, 0) is 32.6 Å². The van der Waals surface area contributed by atoms with Crippen LogP contribution < -0.4 is 0 Å². The average Bonchev–Trinajstić information content (AvgIpc) is 3.03. The van der Waals surface area contributed by atoms with Gasteiger partial charge in [0.15, 0.2) is 0 Å². The molecule has 0 amide bonds. The van der Waals surface area contributed by atoms with Crippen molar-refractivity contribution in [2.45, 2.75) is 271 Å². The zero-order valence-electron chi connectivity index (χ0n) is 31.7. The molecule has 0 aromatic carbocycles. The molecule has 0 saturated heterocycles. The second kappa shape index (κ2) is 40.8. The topological polar surface area (TPSA) is 0 Å². The normalized spacial score (nSPS) is 12.0. The molecule has 0 heterocycles. The number of rotatable bonds is 39. The van der Waals surface area contributed by atoms with Gasteiger partial charge in [-0.3, -0.25) is 0 Å². The van der Waals surface area contributed by atoms with Crippen LogP contribution in [0, 0.1) is 0 Å². The summed E-state index contributed by atoms with van der Waals surface area (Å²) in [6, 6.07) is 0. The summed E-state index contributed by atoms with van der Waals surface area (Å²) in [5.41, 5.74) is 1.66. The zero-order valence-corrected chi connectivity index (χ0v) is 31.7. The molecule has 0 N–H and O–H groups in total. The van der Waals surface area contributed by atoms with E-state index in [1.165, 1.54) is 250 Å². The summed E-state index contributed by atoms with van der Waals surface area (Å²) in [6.07, 6.45) is 59.5. The molecule has 0 unspecified atom stereocenters. The highest BCUT2D eigenvalue weighted by atomic mass is 14.0. The molecule has 0 rings (SSSR count). The van der Waals surface area contributed by atoms with Crippen molar-refractivity contribution in [3.63, 3.8) is 0 Å². The van der Waals surface area contributed by atoms with Gasteiger partial charge in [-0.25, -0.2) is 0 Å². The Morgan fingerprint density at radius 2 is 0.477 bits per heavy atom. The van der Waals surface area contributed by atoms with Gasteiger partial charge in [0.05, 0.1) is 0 Å². The summed E-state index contributed by atoms with van der Waals surface area (Å²) < 4.78 is 0. The second-order valence-corrected chi connectivity index (χ2v) is 15.0. The van der Waals surface area contributed by atoms with Crippen LogP contribution >= 0.6 is 0 Å². The Bertz CT molecular complexity index is 516. The van der Waals surface area contributed by atoms with E-state index in [9.17, 15) is 0 Å². The molecule has 0 heteroatoms. The molecular weight excluding hydrogens is 528 g/mol. The monoisotopic (exact) mass is 617 g/mol. The van der Waals surface area contributed by atoms with E-state index >= 15 is 0 Å². The molecule has 0 saturated carbocycles. The summed E-state index contributed by atoms with van der Waals surface area (Å²) in [7, 11) is 0. The van der Waals surface area contributed by atoms with Crippen LogP contribution in [0.4, 0.5) is 0 Å². The van der Waals surface area contributed by atoms with E-state index in [1.807, 2.05) is 0 Å². The Labute approximate surface area is 282 Å². The van der Waals surface area contributed by atoms with Crippen molar-refractivity contribution < 1.29 is 0 Å². The summed E-state index contributed by atoms with van der Waals surface area (Å²) in [6.45, 7) is 7.00. The first kappa shape index (κ1) is 43.7. The van der Waals surface area contributed by atoms with Crippen LogP contribution in [0.15, 0.2) is 11.6 Å². The molecule has 0 aromatic heterocycles. The van der Waals surface area contributed by atoms with Crippen LogP contribution in [0.3, 0.4) is 0 Å².